The molecule has 2 rings (SSSR count). The van der Waals surface area contributed by atoms with Crippen LogP contribution in [0.2, 0.25) is 0 Å². The van der Waals surface area contributed by atoms with Crippen LogP contribution in [0, 0.1) is 0 Å². The zero-order valence-electron chi connectivity index (χ0n) is 20.0. The molecule has 2 N–H and O–H groups in total. The lowest BCUT2D eigenvalue weighted by Crippen LogP contribution is -2.54. The number of hydrogen-bond donors (Lipinski definition) is 2. The number of nitrogens with one attached hydrogen (secondary N) is 2. The number of halogens is 1. The van der Waals surface area contributed by atoms with E-state index in [2.05, 4.69) is 27.4 Å². The smallest absolute Gasteiger partial charge is 0.234 e. The molecule has 2 aliphatic rings. The fraction of sp³-hybridized carbons (Fsp3) is 0.913. The molecule has 0 aromatic carbocycles. The Morgan fingerprint density at radius 3 is 2.35 bits per heavy atom. The summed E-state index contributed by atoms with van der Waals surface area (Å²) in [5, 5.41) is 6.40. The number of hydrogen-bond acceptors (Lipinski definition) is 4. The molecule has 0 bridgehead atoms. The summed E-state index contributed by atoms with van der Waals surface area (Å²) in [4.78, 5) is 21.4. The number of ether oxygens (including phenoxy) is 1. The van der Waals surface area contributed by atoms with E-state index in [1.807, 2.05) is 13.8 Å². The van der Waals surface area contributed by atoms with E-state index in [0.717, 1.165) is 64.7 Å². The zero-order chi connectivity index (χ0) is 21.6. The summed E-state index contributed by atoms with van der Waals surface area (Å²) in [5.41, 5.74) is 0. The van der Waals surface area contributed by atoms with Crippen molar-refractivity contribution in [3.8, 4) is 0 Å². The van der Waals surface area contributed by atoms with Crippen LogP contribution in [0.3, 0.4) is 0 Å². The highest BCUT2D eigenvalue weighted by molar-refractivity contribution is 14.0. The Labute approximate surface area is 207 Å². The maximum absolute atomic E-state index is 12.0. The van der Waals surface area contributed by atoms with Crippen molar-refractivity contribution in [3.63, 3.8) is 0 Å². The van der Waals surface area contributed by atoms with E-state index in [-0.39, 0.29) is 35.9 Å². The van der Waals surface area contributed by atoms with Crippen LogP contribution in [0.25, 0.3) is 0 Å². The Kier molecular flexibility index (Phi) is 15.5. The van der Waals surface area contributed by atoms with Gasteiger partial charge in [-0.15, -0.1) is 24.0 Å². The highest BCUT2D eigenvalue weighted by Gasteiger charge is 2.21. The molecule has 182 valence electrons. The lowest BCUT2D eigenvalue weighted by molar-refractivity contribution is -0.123. The molecule has 1 saturated carbocycles. The molecule has 0 spiro atoms. The second-order valence-corrected chi connectivity index (χ2v) is 8.91. The minimum Gasteiger partial charge on any atom is -0.378 e. The van der Waals surface area contributed by atoms with Gasteiger partial charge in [-0.25, -0.2) is 0 Å². The van der Waals surface area contributed by atoms with E-state index in [9.17, 15) is 4.79 Å². The number of guanidine groups is 1. The summed E-state index contributed by atoms with van der Waals surface area (Å²) in [5.74, 6) is 1.12. The molecule has 0 atom stereocenters. The van der Waals surface area contributed by atoms with Crippen LogP contribution < -0.4 is 10.6 Å². The molecule has 2 fully saturated rings. The summed E-state index contributed by atoms with van der Waals surface area (Å²) in [7, 11) is 0. The number of amides is 1. The number of carbonyl (C=O) groups excluding carboxylic acids is 1. The van der Waals surface area contributed by atoms with Crippen molar-refractivity contribution >= 4 is 35.8 Å². The standard InChI is InChI=1S/C23H45N5O2.HI/c1-4-24-23(25-13-9-10-18-30-21-11-7-5-6-8-12-21)28-16-14-27(15-17-28)19-22(29)26-20(2)3;/h20-21H,4-19H2,1-3H3,(H,24,25)(H,26,29);1H. The first-order chi connectivity index (χ1) is 14.6. The number of carbonyl (C=O) groups is 1. The van der Waals surface area contributed by atoms with Crippen LogP contribution in [-0.2, 0) is 9.53 Å². The molecule has 31 heavy (non-hydrogen) atoms. The van der Waals surface area contributed by atoms with E-state index < -0.39 is 0 Å². The van der Waals surface area contributed by atoms with Gasteiger partial charge in [-0.2, -0.15) is 0 Å². The van der Waals surface area contributed by atoms with Gasteiger partial charge in [0.15, 0.2) is 5.96 Å². The monoisotopic (exact) mass is 551 g/mol. The minimum absolute atomic E-state index is 0. The van der Waals surface area contributed by atoms with E-state index in [1.54, 1.807) is 0 Å². The average molecular weight is 552 g/mol. The number of rotatable bonds is 10. The molecule has 1 aliphatic carbocycles. The van der Waals surface area contributed by atoms with Gasteiger partial charge in [0.2, 0.25) is 5.91 Å². The quantitative estimate of drug-likeness (QED) is 0.144. The van der Waals surface area contributed by atoms with Crippen molar-refractivity contribution in [1.82, 2.24) is 20.4 Å². The van der Waals surface area contributed by atoms with Gasteiger partial charge in [-0.05, 0) is 46.5 Å². The van der Waals surface area contributed by atoms with Crippen LogP contribution in [-0.4, -0.2) is 86.2 Å². The van der Waals surface area contributed by atoms with Gasteiger partial charge in [0.05, 0.1) is 12.6 Å². The first-order valence-electron chi connectivity index (χ1n) is 12.2. The van der Waals surface area contributed by atoms with Gasteiger partial charge < -0.3 is 20.3 Å². The lowest BCUT2D eigenvalue weighted by Gasteiger charge is -2.36. The van der Waals surface area contributed by atoms with E-state index in [4.69, 9.17) is 9.73 Å². The predicted molar refractivity (Wildman–Crippen MR) is 139 cm³/mol. The van der Waals surface area contributed by atoms with Crippen molar-refractivity contribution in [2.45, 2.75) is 84.3 Å². The van der Waals surface area contributed by atoms with Gasteiger partial charge in [0.25, 0.3) is 0 Å². The second-order valence-electron chi connectivity index (χ2n) is 8.91. The van der Waals surface area contributed by atoms with Crippen LogP contribution in [0.15, 0.2) is 4.99 Å². The Morgan fingerprint density at radius 1 is 1.06 bits per heavy atom. The highest BCUT2D eigenvalue weighted by Crippen LogP contribution is 2.19. The molecule has 1 heterocycles. The zero-order valence-corrected chi connectivity index (χ0v) is 22.4. The van der Waals surface area contributed by atoms with Gasteiger partial charge >= 0.3 is 0 Å². The van der Waals surface area contributed by atoms with Crippen molar-refractivity contribution in [2.24, 2.45) is 4.99 Å². The number of piperazine rings is 1. The fourth-order valence-corrected chi connectivity index (χ4v) is 4.17. The molecule has 8 heteroatoms. The van der Waals surface area contributed by atoms with Gasteiger partial charge in [-0.3, -0.25) is 14.7 Å². The van der Waals surface area contributed by atoms with Crippen molar-refractivity contribution in [2.75, 3.05) is 52.4 Å². The highest BCUT2D eigenvalue weighted by atomic mass is 127. The Balaban J connectivity index is 0.00000480. The maximum Gasteiger partial charge on any atom is 0.234 e. The summed E-state index contributed by atoms with van der Waals surface area (Å²) in [6, 6.07) is 0.198. The van der Waals surface area contributed by atoms with Crippen LogP contribution in [0.5, 0.6) is 0 Å². The molecule has 0 radical (unpaired) electrons. The third-order valence-electron chi connectivity index (χ3n) is 5.79. The number of aliphatic imine (C=N–C) groups is 1. The van der Waals surface area contributed by atoms with Crippen LogP contribution >= 0.6 is 24.0 Å². The average Bonchev–Trinajstić information content (AvgIpc) is 2.98. The first-order valence-corrected chi connectivity index (χ1v) is 12.2. The van der Waals surface area contributed by atoms with E-state index in [0.29, 0.717) is 12.6 Å². The first kappa shape index (κ1) is 28.4. The van der Waals surface area contributed by atoms with Crippen molar-refractivity contribution in [1.29, 1.82) is 0 Å². The molecule has 1 saturated heterocycles. The largest absolute Gasteiger partial charge is 0.378 e. The summed E-state index contributed by atoms with van der Waals surface area (Å²) in [6.07, 6.45) is 10.5. The Hall–Kier alpha value is -0.610. The van der Waals surface area contributed by atoms with Gasteiger partial charge in [0, 0.05) is 51.9 Å². The Morgan fingerprint density at radius 2 is 1.74 bits per heavy atom. The second kappa shape index (κ2) is 16.9. The summed E-state index contributed by atoms with van der Waals surface area (Å²) >= 11 is 0. The predicted octanol–water partition coefficient (Wildman–Crippen LogP) is 3.23. The van der Waals surface area contributed by atoms with Crippen LogP contribution in [0.4, 0.5) is 0 Å². The third-order valence-corrected chi connectivity index (χ3v) is 5.79. The summed E-state index contributed by atoms with van der Waals surface area (Å²) < 4.78 is 6.09. The van der Waals surface area contributed by atoms with Crippen molar-refractivity contribution < 1.29 is 9.53 Å². The molecule has 0 unspecified atom stereocenters. The van der Waals surface area contributed by atoms with E-state index >= 15 is 0 Å². The molecular weight excluding hydrogens is 505 g/mol. The molecular formula is C23H46IN5O2. The summed E-state index contributed by atoms with van der Waals surface area (Å²) in [6.45, 7) is 12.8. The lowest BCUT2D eigenvalue weighted by atomic mass is 10.1. The number of nitrogens with zero attached hydrogens (tertiary/aromatic N) is 3. The molecule has 0 aromatic heterocycles. The Bertz CT molecular complexity index is 502. The topological polar surface area (TPSA) is 69.2 Å². The molecule has 1 aliphatic heterocycles. The molecule has 1 amide bonds. The van der Waals surface area contributed by atoms with Gasteiger partial charge in [-0.1, -0.05) is 25.7 Å². The molecule has 0 aromatic rings. The van der Waals surface area contributed by atoms with Gasteiger partial charge in [0.1, 0.15) is 0 Å². The maximum atomic E-state index is 12.0. The fourth-order valence-electron chi connectivity index (χ4n) is 4.17. The normalized spacial score (nSPS) is 19.1. The van der Waals surface area contributed by atoms with Crippen molar-refractivity contribution in [3.05, 3.63) is 0 Å². The van der Waals surface area contributed by atoms with E-state index in [1.165, 1.54) is 38.5 Å². The number of unbranched alkanes of at least 4 members (excludes halogenated alkanes) is 1. The van der Waals surface area contributed by atoms with Crippen LogP contribution in [0.1, 0.15) is 72.1 Å². The third kappa shape index (κ3) is 12.3. The SMILES string of the molecule is CCNC(=NCCCCOC1CCCCCC1)N1CCN(CC(=O)NC(C)C)CC1.I. The molecule has 7 nitrogen and oxygen atoms in total. The minimum atomic E-state index is 0.